The molecule has 2 N–H and O–H groups in total. The van der Waals surface area contributed by atoms with Gasteiger partial charge in [-0.25, -0.2) is 9.37 Å². The second kappa shape index (κ2) is 8.90. The Labute approximate surface area is 204 Å². The Balaban J connectivity index is 1.38. The molecule has 0 radical (unpaired) electrons. The zero-order valence-corrected chi connectivity index (χ0v) is 19.3. The zero-order valence-electron chi connectivity index (χ0n) is 19.3. The lowest BCUT2D eigenvalue weighted by Gasteiger charge is -2.56. The first kappa shape index (κ1) is 24.3. The Morgan fingerprint density at radius 3 is 2.42 bits per heavy atom. The fourth-order valence-electron chi connectivity index (χ4n) is 5.74. The van der Waals surface area contributed by atoms with Gasteiger partial charge in [-0.15, -0.1) is 0 Å². The summed E-state index contributed by atoms with van der Waals surface area (Å²) in [6.45, 7) is -0.630. The first-order chi connectivity index (χ1) is 17.1. The number of alkyl halides is 4. The summed E-state index contributed by atoms with van der Waals surface area (Å²) in [6, 6.07) is 6.51. The largest absolute Gasteiger partial charge is 0.481 e. The zero-order chi connectivity index (χ0) is 25.7. The molecule has 36 heavy (non-hydrogen) atoms. The van der Waals surface area contributed by atoms with E-state index in [0.29, 0.717) is 40.6 Å². The van der Waals surface area contributed by atoms with Crippen LogP contribution in [-0.4, -0.2) is 39.3 Å². The van der Waals surface area contributed by atoms with E-state index < -0.39 is 24.4 Å². The molecule has 2 aliphatic rings. The molecule has 1 aromatic carbocycles. The molecule has 1 spiro atoms. The van der Waals surface area contributed by atoms with E-state index in [1.54, 1.807) is 23.0 Å². The number of aliphatic carboxylic acids is 1. The highest BCUT2D eigenvalue weighted by Gasteiger charge is 2.55. The summed E-state index contributed by atoms with van der Waals surface area (Å²) in [5.41, 5.74) is 1.38. The number of aromatic nitrogens is 2. The highest BCUT2D eigenvalue weighted by atomic mass is 19.4. The number of amides is 1. The first-order valence-electron chi connectivity index (χ1n) is 11.8. The fourth-order valence-corrected chi connectivity index (χ4v) is 5.74. The van der Waals surface area contributed by atoms with E-state index in [1.807, 2.05) is 0 Å². The number of hydrogen-bond acceptors (Lipinski definition) is 3. The Hall–Kier alpha value is -3.43. The molecule has 0 saturated heterocycles. The molecule has 0 atom stereocenters. The Morgan fingerprint density at radius 1 is 1.11 bits per heavy atom. The van der Waals surface area contributed by atoms with Crippen molar-refractivity contribution in [1.29, 1.82) is 0 Å². The lowest BCUT2D eigenvalue weighted by molar-refractivity contribution is -0.155. The van der Waals surface area contributed by atoms with E-state index in [1.165, 1.54) is 12.1 Å². The number of carboxylic acid groups (broad SMARTS) is 1. The van der Waals surface area contributed by atoms with Crippen LogP contribution in [0.5, 0.6) is 0 Å². The van der Waals surface area contributed by atoms with Gasteiger partial charge in [0.25, 0.3) is 5.91 Å². The number of nitrogens with zero attached hydrogens (tertiary/aromatic N) is 2. The summed E-state index contributed by atoms with van der Waals surface area (Å²) in [7, 11) is 0. The molecule has 0 aliphatic heterocycles. The number of carboxylic acids is 1. The standard InChI is InChI=1S/C26H25F4N3O3/c27-6-8-33-14-20(23(34)32-19-12-25(13-19)10-17(11-25)24(35)36)21-16(5-7-31-22(21)33)9-15-1-3-18(4-2-15)26(28,29)30/h1-5,7,14,17,19H,6,8-13H2,(H,32,34)(H,35,36). The van der Waals surface area contributed by atoms with Crippen molar-refractivity contribution in [2.24, 2.45) is 11.3 Å². The van der Waals surface area contributed by atoms with Gasteiger partial charge in [-0.05, 0) is 66.8 Å². The average molecular weight is 503 g/mol. The number of hydrogen-bond donors (Lipinski definition) is 2. The number of benzene rings is 1. The molecular weight excluding hydrogens is 478 g/mol. The maximum absolute atomic E-state index is 13.3. The molecule has 2 aliphatic carbocycles. The van der Waals surface area contributed by atoms with Crippen molar-refractivity contribution in [3.63, 3.8) is 0 Å². The van der Waals surface area contributed by atoms with Crippen molar-refractivity contribution in [3.05, 3.63) is 65.0 Å². The minimum atomic E-state index is -4.43. The highest BCUT2D eigenvalue weighted by molar-refractivity contribution is 6.07. The molecule has 6 nitrogen and oxygen atoms in total. The van der Waals surface area contributed by atoms with Gasteiger partial charge in [0.1, 0.15) is 12.3 Å². The quantitative estimate of drug-likeness (QED) is 0.445. The van der Waals surface area contributed by atoms with Gasteiger partial charge in [-0.2, -0.15) is 13.2 Å². The van der Waals surface area contributed by atoms with Gasteiger partial charge >= 0.3 is 12.1 Å². The summed E-state index contributed by atoms with van der Waals surface area (Å²) < 4.78 is 53.6. The van der Waals surface area contributed by atoms with Crippen molar-refractivity contribution in [2.75, 3.05) is 6.67 Å². The average Bonchev–Trinajstić information content (AvgIpc) is 3.14. The molecular formula is C26H25F4N3O3. The maximum atomic E-state index is 13.3. The second-order valence-corrected chi connectivity index (χ2v) is 9.99. The third-order valence-corrected chi connectivity index (χ3v) is 7.49. The van der Waals surface area contributed by atoms with Gasteiger partial charge in [0.15, 0.2) is 0 Å². The van der Waals surface area contributed by atoms with Crippen molar-refractivity contribution in [2.45, 2.75) is 50.9 Å². The minimum Gasteiger partial charge on any atom is -0.481 e. The predicted octanol–water partition coefficient (Wildman–Crippen LogP) is 4.99. The molecule has 2 saturated carbocycles. The SMILES string of the molecule is O=C(NC1CC2(C1)CC(C(=O)O)C2)c1cn(CCF)c2nccc(Cc3ccc(C(F)(F)F)cc3)c12. The van der Waals surface area contributed by atoms with Crippen molar-refractivity contribution in [1.82, 2.24) is 14.9 Å². The molecule has 2 fully saturated rings. The monoisotopic (exact) mass is 503 g/mol. The van der Waals surface area contributed by atoms with Crippen LogP contribution in [0.2, 0.25) is 0 Å². The molecule has 2 aromatic heterocycles. The molecule has 1 amide bonds. The normalized spacial score (nSPS) is 23.3. The summed E-state index contributed by atoms with van der Waals surface area (Å²) in [6.07, 6.45) is 1.68. The van der Waals surface area contributed by atoms with Crippen LogP contribution in [0.3, 0.4) is 0 Å². The summed E-state index contributed by atoms with van der Waals surface area (Å²) >= 11 is 0. The van der Waals surface area contributed by atoms with E-state index in [-0.39, 0.29) is 36.2 Å². The predicted molar refractivity (Wildman–Crippen MR) is 123 cm³/mol. The third kappa shape index (κ3) is 4.44. The van der Waals surface area contributed by atoms with Crippen LogP contribution in [0.1, 0.15) is 52.7 Å². The summed E-state index contributed by atoms with van der Waals surface area (Å²) in [5.74, 6) is -1.41. The van der Waals surface area contributed by atoms with Gasteiger partial charge < -0.3 is 15.0 Å². The van der Waals surface area contributed by atoms with Crippen LogP contribution >= 0.6 is 0 Å². The topological polar surface area (TPSA) is 84.2 Å². The smallest absolute Gasteiger partial charge is 0.416 e. The Bertz CT molecular complexity index is 1300. The third-order valence-electron chi connectivity index (χ3n) is 7.49. The van der Waals surface area contributed by atoms with Crippen LogP contribution in [0.4, 0.5) is 17.6 Å². The van der Waals surface area contributed by atoms with Crippen LogP contribution in [0.15, 0.2) is 42.7 Å². The molecule has 3 aromatic rings. The molecule has 190 valence electrons. The molecule has 2 heterocycles. The number of nitrogens with one attached hydrogen (secondary N) is 1. The number of pyridine rings is 1. The number of aryl methyl sites for hydroxylation is 1. The summed E-state index contributed by atoms with van der Waals surface area (Å²) in [4.78, 5) is 28.7. The molecule has 0 unspecified atom stereocenters. The van der Waals surface area contributed by atoms with Gasteiger partial charge in [0.2, 0.25) is 0 Å². The highest BCUT2D eigenvalue weighted by Crippen LogP contribution is 2.58. The van der Waals surface area contributed by atoms with Crippen molar-refractivity contribution >= 4 is 22.9 Å². The Kier molecular flexibility index (Phi) is 6.00. The summed E-state index contributed by atoms with van der Waals surface area (Å²) in [5, 5.41) is 12.7. The maximum Gasteiger partial charge on any atom is 0.416 e. The van der Waals surface area contributed by atoms with Crippen LogP contribution in [-0.2, 0) is 23.9 Å². The van der Waals surface area contributed by atoms with Crippen LogP contribution in [0.25, 0.3) is 11.0 Å². The van der Waals surface area contributed by atoms with Gasteiger partial charge in [-0.1, -0.05) is 12.1 Å². The van der Waals surface area contributed by atoms with Gasteiger partial charge in [0.05, 0.1) is 23.6 Å². The number of halogens is 4. The number of carbonyl (C=O) groups is 2. The van der Waals surface area contributed by atoms with Crippen LogP contribution in [0, 0.1) is 11.3 Å². The lowest BCUT2D eigenvalue weighted by Crippen LogP contribution is -2.57. The molecule has 10 heteroatoms. The van der Waals surface area contributed by atoms with Crippen molar-refractivity contribution < 1.29 is 32.3 Å². The van der Waals surface area contributed by atoms with Gasteiger partial charge in [0, 0.05) is 23.8 Å². The van der Waals surface area contributed by atoms with Gasteiger partial charge in [-0.3, -0.25) is 9.59 Å². The van der Waals surface area contributed by atoms with Crippen LogP contribution < -0.4 is 5.32 Å². The van der Waals surface area contributed by atoms with E-state index in [9.17, 15) is 27.2 Å². The van der Waals surface area contributed by atoms with E-state index in [2.05, 4.69) is 10.3 Å². The first-order valence-corrected chi connectivity index (χ1v) is 11.8. The van der Waals surface area contributed by atoms with E-state index >= 15 is 0 Å². The number of rotatable bonds is 7. The number of carbonyl (C=O) groups excluding carboxylic acids is 1. The van der Waals surface area contributed by atoms with E-state index in [4.69, 9.17) is 5.11 Å². The molecule has 5 rings (SSSR count). The second-order valence-electron chi connectivity index (χ2n) is 9.99. The Morgan fingerprint density at radius 2 is 1.81 bits per heavy atom. The van der Waals surface area contributed by atoms with Crippen molar-refractivity contribution in [3.8, 4) is 0 Å². The molecule has 0 bridgehead atoms. The number of fused-ring (bicyclic) bond motifs is 1. The fraction of sp³-hybridized carbons (Fsp3) is 0.423. The minimum absolute atomic E-state index is 0.00146. The van der Waals surface area contributed by atoms with E-state index in [0.717, 1.165) is 25.0 Å². The lowest BCUT2D eigenvalue weighted by atomic mass is 9.50.